The molecule has 0 spiro atoms. The zero-order chi connectivity index (χ0) is 10.5. The topological polar surface area (TPSA) is 60.7 Å². The number of rotatable bonds is 5. The van der Waals surface area contributed by atoms with Crippen LogP contribution in [0.1, 0.15) is 40.0 Å². The second-order valence-corrected chi connectivity index (χ2v) is 3.64. The normalized spacial score (nSPS) is 15.2. The Morgan fingerprint density at radius 2 is 1.85 bits per heavy atom. The molecule has 0 amide bonds. The molecule has 0 rings (SSSR count). The second-order valence-electron chi connectivity index (χ2n) is 3.64. The minimum atomic E-state index is -1.44. The van der Waals surface area contributed by atoms with E-state index in [2.05, 4.69) is 0 Å². The molecule has 1 unspecified atom stereocenters. The van der Waals surface area contributed by atoms with Crippen LogP contribution in [0.15, 0.2) is 11.3 Å². The van der Waals surface area contributed by atoms with E-state index >= 15 is 0 Å². The van der Waals surface area contributed by atoms with Gasteiger partial charge in [0.2, 0.25) is 0 Å². The highest BCUT2D eigenvalue weighted by Crippen LogP contribution is 2.23. The Morgan fingerprint density at radius 3 is 2.15 bits per heavy atom. The van der Waals surface area contributed by atoms with Gasteiger partial charge in [-0.3, -0.25) is 0 Å². The summed E-state index contributed by atoms with van der Waals surface area (Å²) in [7, 11) is 0. The van der Waals surface area contributed by atoms with E-state index in [9.17, 15) is 10.2 Å². The van der Waals surface area contributed by atoms with Crippen molar-refractivity contribution in [3.8, 4) is 0 Å². The lowest BCUT2D eigenvalue weighted by Gasteiger charge is -2.26. The van der Waals surface area contributed by atoms with Crippen LogP contribution in [0.4, 0.5) is 0 Å². The first-order chi connectivity index (χ1) is 5.98. The van der Waals surface area contributed by atoms with Crippen molar-refractivity contribution < 1.29 is 15.3 Å². The molecule has 0 saturated heterocycles. The number of aliphatic hydroxyl groups is 3. The molecule has 0 heterocycles. The summed E-state index contributed by atoms with van der Waals surface area (Å²) in [5.41, 5.74) is -0.790. The van der Waals surface area contributed by atoms with E-state index in [1.165, 1.54) is 0 Å². The summed E-state index contributed by atoms with van der Waals surface area (Å²) < 4.78 is 0. The minimum Gasteiger partial charge on any atom is -0.509 e. The van der Waals surface area contributed by atoms with Gasteiger partial charge in [-0.15, -0.1) is 0 Å². The van der Waals surface area contributed by atoms with Crippen molar-refractivity contribution >= 4 is 0 Å². The van der Waals surface area contributed by atoms with E-state index in [0.29, 0.717) is 12.0 Å². The molecule has 0 aliphatic carbocycles. The van der Waals surface area contributed by atoms with Gasteiger partial charge >= 0.3 is 0 Å². The number of allylic oxidation sites excluding steroid dienone is 1. The summed E-state index contributed by atoms with van der Waals surface area (Å²) in [5, 5.41) is 28.4. The Labute approximate surface area is 79.7 Å². The average molecular weight is 188 g/mol. The molecule has 1 atom stereocenters. The van der Waals surface area contributed by atoms with Gasteiger partial charge in [0.15, 0.2) is 0 Å². The predicted molar refractivity (Wildman–Crippen MR) is 52.6 cm³/mol. The Morgan fingerprint density at radius 1 is 1.31 bits per heavy atom. The highest BCUT2D eigenvalue weighted by molar-refractivity contribution is 5.14. The maximum absolute atomic E-state index is 9.83. The molecule has 0 saturated carbocycles. The second kappa shape index (κ2) is 5.25. The van der Waals surface area contributed by atoms with Crippen LogP contribution in [-0.4, -0.2) is 27.5 Å². The maximum atomic E-state index is 9.83. The summed E-state index contributed by atoms with van der Waals surface area (Å²) in [5.74, 6) is -0.0940. The highest BCUT2D eigenvalue weighted by atomic mass is 16.4. The maximum Gasteiger partial charge on any atom is 0.144 e. The van der Waals surface area contributed by atoms with E-state index in [1.54, 1.807) is 13.8 Å². The van der Waals surface area contributed by atoms with Gasteiger partial charge in [-0.05, 0) is 25.8 Å². The van der Waals surface area contributed by atoms with E-state index < -0.39 is 12.2 Å². The molecule has 0 fully saturated rings. The van der Waals surface area contributed by atoms with Crippen LogP contribution in [0, 0.1) is 0 Å². The summed E-state index contributed by atoms with van der Waals surface area (Å²) in [4.78, 5) is 0. The Balaban J connectivity index is 4.53. The van der Waals surface area contributed by atoms with Crippen LogP contribution in [-0.2, 0) is 0 Å². The molecule has 0 aromatic rings. The lowest BCUT2D eigenvalue weighted by atomic mass is 9.93. The van der Waals surface area contributed by atoms with Crippen molar-refractivity contribution in [2.75, 3.05) is 6.61 Å². The standard InChI is InChI=1S/C10H20O3/c1-4-5-6-10(13,7-11)9(12)8(2)3/h11-13H,4-7H2,1-3H3. The van der Waals surface area contributed by atoms with Gasteiger partial charge < -0.3 is 15.3 Å². The van der Waals surface area contributed by atoms with Crippen LogP contribution < -0.4 is 0 Å². The van der Waals surface area contributed by atoms with Crippen molar-refractivity contribution in [3.05, 3.63) is 11.3 Å². The smallest absolute Gasteiger partial charge is 0.144 e. The zero-order valence-corrected chi connectivity index (χ0v) is 8.67. The molecule has 0 bridgehead atoms. The third kappa shape index (κ3) is 3.36. The Kier molecular flexibility index (Phi) is 5.03. The van der Waals surface area contributed by atoms with Gasteiger partial charge in [0.1, 0.15) is 11.4 Å². The number of aliphatic hydroxyl groups excluding tert-OH is 2. The third-order valence-corrected chi connectivity index (χ3v) is 2.12. The molecule has 0 aromatic carbocycles. The van der Waals surface area contributed by atoms with Crippen molar-refractivity contribution in [3.63, 3.8) is 0 Å². The van der Waals surface area contributed by atoms with Crippen molar-refractivity contribution in [2.24, 2.45) is 0 Å². The summed E-state index contributed by atoms with van der Waals surface area (Å²) >= 11 is 0. The average Bonchev–Trinajstić information content (AvgIpc) is 2.12. The SMILES string of the molecule is CCCCC(O)(CO)C(O)=C(C)C. The van der Waals surface area contributed by atoms with Crippen LogP contribution in [0.5, 0.6) is 0 Å². The van der Waals surface area contributed by atoms with Crippen LogP contribution in [0.3, 0.4) is 0 Å². The lowest BCUT2D eigenvalue weighted by molar-refractivity contribution is -0.0232. The fraction of sp³-hybridized carbons (Fsp3) is 0.800. The van der Waals surface area contributed by atoms with E-state index in [0.717, 1.165) is 12.8 Å². The molecule has 3 N–H and O–H groups in total. The number of hydrogen-bond donors (Lipinski definition) is 3. The van der Waals surface area contributed by atoms with Gasteiger partial charge in [-0.25, -0.2) is 0 Å². The number of hydrogen-bond acceptors (Lipinski definition) is 3. The highest BCUT2D eigenvalue weighted by Gasteiger charge is 2.30. The van der Waals surface area contributed by atoms with Gasteiger partial charge in [0.25, 0.3) is 0 Å². The van der Waals surface area contributed by atoms with E-state index in [4.69, 9.17) is 5.11 Å². The molecule has 78 valence electrons. The van der Waals surface area contributed by atoms with Crippen LogP contribution >= 0.6 is 0 Å². The molecule has 3 heteroatoms. The quantitative estimate of drug-likeness (QED) is 0.576. The summed E-state index contributed by atoms with van der Waals surface area (Å²) in [6.07, 6.45) is 2.11. The molecule has 0 aromatic heterocycles. The molecular weight excluding hydrogens is 168 g/mol. The monoisotopic (exact) mass is 188 g/mol. The Hall–Kier alpha value is -0.540. The molecule has 0 aliphatic rings. The fourth-order valence-corrected chi connectivity index (χ4v) is 1.21. The molecule has 0 radical (unpaired) electrons. The van der Waals surface area contributed by atoms with Crippen molar-refractivity contribution in [2.45, 2.75) is 45.6 Å². The van der Waals surface area contributed by atoms with E-state index in [-0.39, 0.29) is 5.76 Å². The van der Waals surface area contributed by atoms with Gasteiger partial charge in [0, 0.05) is 0 Å². The fourth-order valence-electron chi connectivity index (χ4n) is 1.21. The van der Waals surface area contributed by atoms with Gasteiger partial charge in [0.05, 0.1) is 6.61 Å². The molecule has 3 nitrogen and oxygen atoms in total. The first kappa shape index (κ1) is 12.5. The van der Waals surface area contributed by atoms with Crippen LogP contribution in [0.25, 0.3) is 0 Å². The first-order valence-corrected chi connectivity index (χ1v) is 4.68. The van der Waals surface area contributed by atoms with Gasteiger partial charge in [-0.2, -0.15) is 0 Å². The molecule has 0 aliphatic heterocycles. The third-order valence-electron chi connectivity index (χ3n) is 2.12. The first-order valence-electron chi connectivity index (χ1n) is 4.68. The van der Waals surface area contributed by atoms with E-state index in [1.807, 2.05) is 6.92 Å². The van der Waals surface area contributed by atoms with Gasteiger partial charge in [-0.1, -0.05) is 19.8 Å². The van der Waals surface area contributed by atoms with Crippen LogP contribution in [0.2, 0.25) is 0 Å². The predicted octanol–water partition coefficient (Wildman–Crippen LogP) is 1.75. The largest absolute Gasteiger partial charge is 0.509 e. The molecular formula is C10H20O3. The molecule has 13 heavy (non-hydrogen) atoms. The Bertz CT molecular complexity index is 183. The number of unbranched alkanes of at least 4 members (excludes halogenated alkanes) is 1. The van der Waals surface area contributed by atoms with Crippen molar-refractivity contribution in [1.82, 2.24) is 0 Å². The summed E-state index contributed by atoms with van der Waals surface area (Å²) in [6, 6.07) is 0. The summed E-state index contributed by atoms with van der Waals surface area (Å²) in [6.45, 7) is 4.99. The zero-order valence-electron chi connectivity index (χ0n) is 8.67. The lowest BCUT2D eigenvalue weighted by Crippen LogP contribution is -2.36. The minimum absolute atomic E-state index is 0.0940. The van der Waals surface area contributed by atoms with Crippen molar-refractivity contribution in [1.29, 1.82) is 0 Å².